The van der Waals surface area contributed by atoms with Crippen LogP contribution in [0.25, 0.3) is 0 Å². The zero-order valence-electron chi connectivity index (χ0n) is 15.8. The Morgan fingerprint density at radius 2 is 1.74 bits per heavy atom. The third-order valence-electron chi connectivity index (χ3n) is 4.74. The largest absolute Gasteiger partial charge is 0.495 e. The van der Waals surface area contributed by atoms with Crippen LogP contribution < -0.4 is 10.1 Å². The van der Waals surface area contributed by atoms with Crippen molar-refractivity contribution in [3.63, 3.8) is 0 Å². The normalized spacial score (nSPS) is 14.4. The number of aryl methyl sites for hydroxylation is 1. The highest BCUT2D eigenvalue weighted by Gasteiger charge is 2.19. The predicted octanol–water partition coefficient (Wildman–Crippen LogP) is 3.67. The Labute approximate surface area is 159 Å². The summed E-state index contributed by atoms with van der Waals surface area (Å²) in [6, 6.07) is 7.17. The Morgan fingerprint density at radius 3 is 2.44 bits per heavy atom. The van der Waals surface area contributed by atoms with Crippen molar-refractivity contribution in [2.75, 3.05) is 25.5 Å². The first-order valence-electron chi connectivity index (χ1n) is 9.29. The summed E-state index contributed by atoms with van der Waals surface area (Å²) in [4.78, 5) is 31.4. The first kappa shape index (κ1) is 18.9. The van der Waals surface area contributed by atoms with Crippen LogP contribution >= 0.6 is 0 Å². The van der Waals surface area contributed by atoms with Gasteiger partial charge in [0.1, 0.15) is 5.75 Å². The molecule has 0 aliphatic carbocycles. The first-order chi connectivity index (χ1) is 13.1. The van der Waals surface area contributed by atoms with E-state index in [1.807, 2.05) is 30.0 Å². The zero-order valence-corrected chi connectivity index (χ0v) is 15.8. The molecule has 6 nitrogen and oxygen atoms in total. The molecule has 1 aromatic carbocycles. The molecule has 0 spiro atoms. The average molecular weight is 367 g/mol. The number of aromatic nitrogens is 1. The highest BCUT2D eigenvalue weighted by Crippen LogP contribution is 2.25. The maximum absolute atomic E-state index is 12.8. The molecule has 1 N–H and O–H groups in total. The Morgan fingerprint density at radius 1 is 1.04 bits per heavy atom. The van der Waals surface area contributed by atoms with E-state index in [1.165, 1.54) is 12.4 Å². The van der Waals surface area contributed by atoms with Crippen LogP contribution in [0.2, 0.25) is 0 Å². The van der Waals surface area contributed by atoms with Crippen molar-refractivity contribution >= 4 is 17.5 Å². The molecule has 0 atom stereocenters. The van der Waals surface area contributed by atoms with Gasteiger partial charge in [-0.15, -0.1) is 0 Å². The van der Waals surface area contributed by atoms with Crippen LogP contribution in [0.4, 0.5) is 5.69 Å². The first-order valence-corrected chi connectivity index (χ1v) is 9.29. The number of nitrogens with zero attached hydrogens (tertiary/aromatic N) is 2. The molecule has 1 fully saturated rings. The van der Waals surface area contributed by atoms with Gasteiger partial charge in [0.15, 0.2) is 0 Å². The number of benzene rings is 1. The van der Waals surface area contributed by atoms with E-state index in [0.29, 0.717) is 22.6 Å². The van der Waals surface area contributed by atoms with Crippen LogP contribution in [0.15, 0.2) is 36.7 Å². The summed E-state index contributed by atoms with van der Waals surface area (Å²) in [5.41, 5.74) is 2.39. The monoisotopic (exact) mass is 367 g/mol. The van der Waals surface area contributed by atoms with Crippen molar-refractivity contribution in [1.29, 1.82) is 0 Å². The number of ether oxygens (including phenoxy) is 1. The Kier molecular flexibility index (Phi) is 6.06. The van der Waals surface area contributed by atoms with Gasteiger partial charge in [-0.25, -0.2) is 0 Å². The van der Waals surface area contributed by atoms with Gasteiger partial charge < -0.3 is 15.0 Å². The molecule has 1 aromatic heterocycles. The molecule has 2 heterocycles. The molecule has 0 unspecified atom stereocenters. The smallest absolute Gasteiger partial charge is 0.257 e. The number of hydrogen-bond acceptors (Lipinski definition) is 4. The van der Waals surface area contributed by atoms with Crippen LogP contribution in [0.5, 0.6) is 5.75 Å². The van der Waals surface area contributed by atoms with Gasteiger partial charge >= 0.3 is 0 Å². The molecule has 2 amide bonds. The maximum atomic E-state index is 12.8. The summed E-state index contributed by atoms with van der Waals surface area (Å²) < 4.78 is 5.30. The van der Waals surface area contributed by atoms with E-state index in [9.17, 15) is 9.59 Å². The Balaban J connectivity index is 1.77. The van der Waals surface area contributed by atoms with Crippen molar-refractivity contribution in [2.24, 2.45) is 0 Å². The second-order valence-electron chi connectivity index (χ2n) is 6.83. The average Bonchev–Trinajstić information content (AvgIpc) is 2.97. The minimum Gasteiger partial charge on any atom is -0.495 e. The lowest BCUT2D eigenvalue weighted by molar-refractivity contribution is 0.0761. The SMILES string of the molecule is COc1ccc(C)cc1NC(=O)c1cncc(C(=O)N2CCCCCC2)c1. The summed E-state index contributed by atoms with van der Waals surface area (Å²) in [5, 5.41) is 2.85. The van der Waals surface area contributed by atoms with E-state index in [2.05, 4.69) is 10.3 Å². The van der Waals surface area contributed by atoms with Gasteiger partial charge in [-0.05, 0) is 43.5 Å². The zero-order chi connectivity index (χ0) is 19.2. The number of rotatable bonds is 4. The summed E-state index contributed by atoms with van der Waals surface area (Å²) >= 11 is 0. The molecule has 6 heteroatoms. The number of amides is 2. The topological polar surface area (TPSA) is 71.5 Å². The number of carbonyl (C=O) groups excluding carboxylic acids is 2. The summed E-state index contributed by atoms with van der Waals surface area (Å²) in [5.74, 6) is 0.197. The van der Waals surface area contributed by atoms with E-state index in [-0.39, 0.29) is 11.8 Å². The molecule has 27 heavy (non-hydrogen) atoms. The fraction of sp³-hybridized carbons (Fsp3) is 0.381. The van der Waals surface area contributed by atoms with Gasteiger partial charge in [0, 0.05) is 25.5 Å². The third kappa shape index (κ3) is 4.64. The Bertz CT molecular complexity index is 827. The third-order valence-corrected chi connectivity index (χ3v) is 4.74. The number of carbonyl (C=O) groups is 2. The fourth-order valence-electron chi connectivity index (χ4n) is 3.25. The van der Waals surface area contributed by atoms with Crippen LogP contribution in [-0.4, -0.2) is 41.9 Å². The molecule has 0 radical (unpaired) electrons. The molecule has 1 saturated heterocycles. The van der Waals surface area contributed by atoms with E-state index in [0.717, 1.165) is 44.3 Å². The second kappa shape index (κ2) is 8.66. The molecule has 1 aliphatic heterocycles. The fourth-order valence-corrected chi connectivity index (χ4v) is 3.25. The van der Waals surface area contributed by atoms with Crippen molar-refractivity contribution in [3.05, 3.63) is 53.3 Å². The number of nitrogens with one attached hydrogen (secondary N) is 1. The maximum Gasteiger partial charge on any atom is 0.257 e. The van der Waals surface area contributed by atoms with E-state index in [4.69, 9.17) is 4.74 Å². The van der Waals surface area contributed by atoms with E-state index in [1.54, 1.807) is 13.2 Å². The standard InChI is InChI=1S/C21H25N3O3/c1-15-7-8-19(27-2)18(11-15)23-20(25)16-12-17(14-22-13-16)21(26)24-9-5-3-4-6-10-24/h7-8,11-14H,3-6,9-10H2,1-2H3,(H,23,25). The molecular formula is C21H25N3O3. The molecule has 1 aliphatic rings. The molecular weight excluding hydrogens is 342 g/mol. The quantitative estimate of drug-likeness (QED) is 0.895. The number of methoxy groups -OCH3 is 1. The molecule has 142 valence electrons. The van der Waals surface area contributed by atoms with Crippen molar-refractivity contribution in [1.82, 2.24) is 9.88 Å². The van der Waals surface area contributed by atoms with E-state index < -0.39 is 0 Å². The van der Waals surface area contributed by atoms with E-state index >= 15 is 0 Å². The van der Waals surface area contributed by atoms with Crippen molar-refractivity contribution in [2.45, 2.75) is 32.6 Å². The summed E-state index contributed by atoms with van der Waals surface area (Å²) in [7, 11) is 1.56. The molecule has 3 rings (SSSR count). The lowest BCUT2D eigenvalue weighted by Gasteiger charge is -2.20. The number of hydrogen-bond donors (Lipinski definition) is 1. The highest BCUT2D eigenvalue weighted by molar-refractivity contribution is 6.06. The number of likely N-dealkylation sites (tertiary alicyclic amines) is 1. The van der Waals surface area contributed by atoms with Gasteiger partial charge in [-0.1, -0.05) is 18.9 Å². The molecule has 2 aromatic rings. The molecule has 0 bridgehead atoms. The van der Waals surface area contributed by atoms with Gasteiger partial charge in [0.2, 0.25) is 0 Å². The van der Waals surface area contributed by atoms with Gasteiger partial charge in [0.05, 0.1) is 23.9 Å². The van der Waals surface area contributed by atoms with Gasteiger partial charge in [-0.2, -0.15) is 0 Å². The summed E-state index contributed by atoms with van der Waals surface area (Å²) in [6.45, 7) is 3.46. The Hall–Kier alpha value is -2.89. The lowest BCUT2D eigenvalue weighted by atomic mass is 10.1. The van der Waals surface area contributed by atoms with Crippen LogP contribution in [0, 0.1) is 6.92 Å². The molecule has 0 saturated carbocycles. The van der Waals surface area contributed by atoms with Crippen LogP contribution in [-0.2, 0) is 0 Å². The van der Waals surface area contributed by atoms with Gasteiger partial charge in [-0.3, -0.25) is 14.6 Å². The van der Waals surface area contributed by atoms with Gasteiger partial charge in [0.25, 0.3) is 11.8 Å². The highest BCUT2D eigenvalue weighted by atomic mass is 16.5. The minimum absolute atomic E-state index is 0.0628. The summed E-state index contributed by atoms with van der Waals surface area (Å²) in [6.07, 6.45) is 7.35. The van der Waals surface area contributed by atoms with Crippen LogP contribution in [0.1, 0.15) is 52.0 Å². The van der Waals surface area contributed by atoms with Crippen molar-refractivity contribution < 1.29 is 14.3 Å². The van der Waals surface area contributed by atoms with Crippen LogP contribution in [0.3, 0.4) is 0 Å². The number of pyridine rings is 1. The van der Waals surface area contributed by atoms with Crippen molar-refractivity contribution in [3.8, 4) is 5.75 Å². The lowest BCUT2D eigenvalue weighted by Crippen LogP contribution is -2.32. The predicted molar refractivity (Wildman–Crippen MR) is 104 cm³/mol. The number of anilines is 1. The minimum atomic E-state index is -0.322. The second-order valence-corrected chi connectivity index (χ2v) is 6.83.